The van der Waals surface area contributed by atoms with Gasteiger partial charge in [0.25, 0.3) is 0 Å². The average molecular weight is 585 g/mol. The highest BCUT2D eigenvalue weighted by Gasteiger charge is 2.66. The highest BCUT2D eigenvalue weighted by molar-refractivity contribution is 5.92. The number of rotatable bonds is 10. The molecule has 7 nitrogen and oxygen atoms in total. The van der Waals surface area contributed by atoms with E-state index in [2.05, 4.69) is 29.7 Å². The molecule has 2 aliphatic heterocycles. The molecule has 5 aliphatic rings. The maximum Gasteiger partial charge on any atom is 0.337 e. The van der Waals surface area contributed by atoms with Crippen LogP contribution in [-0.2, 0) is 26.2 Å². The van der Waals surface area contributed by atoms with Gasteiger partial charge in [0.05, 0.1) is 6.04 Å². The quantitative estimate of drug-likeness (QED) is 0.216. The Morgan fingerprint density at radius 2 is 1.93 bits per heavy atom. The number of amides is 1. The van der Waals surface area contributed by atoms with E-state index in [1.54, 1.807) is 6.08 Å². The highest BCUT2D eigenvalue weighted by atomic mass is 16.6. The first-order valence-electron chi connectivity index (χ1n) is 16.2. The van der Waals surface area contributed by atoms with Crippen molar-refractivity contribution >= 4 is 18.0 Å². The minimum Gasteiger partial charge on any atom is -0.483 e. The molecule has 1 spiro atoms. The predicted molar refractivity (Wildman–Crippen MR) is 165 cm³/mol. The largest absolute Gasteiger partial charge is 0.483 e. The van der Waals surface area contributed by atoms with Crippen LogP contribution in [0.3, 0.4) is 0 Å². The predicted octanol–water partition coefficient (Wildman–Crippen LogP) is 5.25. The Morgan fingerprint density at radius 1 is 1.12 bits per heavy atom. The lowest BCUT2D eigenvalue weighted by Gasteiger charge is -2.60. The van der Waals surface area contributed by atoms with Crippen LogP contribution in [0.4, 0.5) is 0 Å². The van der Waals surface area contributed by atoms with Crippen molar-refractivity contribution in [3.63, 3.8) is 0 Å². The zero-order chi connectivity index (χ0) is 29.7. The smallest absolute Gasteiger partial charge is 0.337 e. The van der Waals surface area contributed by atoms with Gasteiger partial charge >= 0.3 is 5.97 Å². The molecule has 2 aromatic carbocycles. The summed E-state index contributed by atoms with van der Waals surface area (Å²) in [7, 11) is 1.49. The SMILES string of the molecule is COCC(=O)Oc1ccc2c3c1OC1C(N(CC(C)C)C(=O)/C=C/c4ccccc4)CC[C@H]4[C@@H](C2)N(CC2CC2)CC[C@]314. The summed E-state index contributed by atoms with van der Waals surface area (Å²) in [6.45, 7) is 7.15. The highest BCUT2D eigenvalue weighted by Crippen LogP contribution is 2.64. The van der Waals surface area contributed by atoms with E-state index >= 15 is 0 Å². The summed E-state index contributed by atoms with van der Waals surface area (Å²) < 4.78 is 17.9. The maximum absolute atomic E-state index is 14.0. The zero-order valence-corrected chi connectivity index (χ0v) is 25.7. The van der Waals surface area contributed by atoms with Gasteiger partial charge in [-0.05, 0) is 86.1 Å². The van der Waals surface area contributed by atoms with Crippen LogP contribution in [0, 0.1) is 17.8 Å². The lowest BCUT2D eigenvalue weighted by molar-refractivity contribution is -0.138. The monoisotopic (exact) mass is 584 g/mol. The summed E-state index contributed by atoms with van der Waals surface area (Å²) in [5.74, 6) is 2.41. The summed E-state index contributed by atoms with van der Waals surface area (Å²) in [6.07, 6.45) is 10.2. The van der Waals surface area contributed by atoms with Crippen molar-refractivity contribution in [3.05, 3.63) is 65.2 Å². The summed E-state index contributed by atoms with van der Waals surface area (Å²) in [6, 6.07) is 14.5. The lowest BCUT2D eigenvalue weighted by Crippen LogP contribution is -2.69. The Bertz CT molecular complexity index is 1400. The molecule has 0 N–H and O–H groups in total. The first-order chi connectivity index (χ1) is 20.9. The molecule has 5 atom stereocenters. The van der Waals surface area contributed by atoms with Gasteiger partial charge in [-0.25, -0.2) is 4.79 Å². The molecule has 3 fully saturated rings. The topological polar surface area (TPSA) is 68.3 Å². The summed E-state index contributed by atoms with van der Waals surface area (Å²) in [5, 5.41) is 0. The fourth-order valence-corrected chi connectivity index (χ4v) is 8.73. The van der Waals surface area contributed by atoms with Crippen molar-refractivity contribution < 1.29 is 23.8 Å². The van der Waals surface area contributed by atoms with Crippen LogP contribution in [0.1, 0.15) is 62.6 Å². The Hall–Kier alpha value is -3.16. The van der Waals surface area contributed by atoms with Gasteiger partial charge < -0.3 is 19.1 Å². The molecule has 43 heavy (non-hydrogen) atoms. The molecule has 7 rings (SSSR count). The van der Waals surface area contributed by atoms with E-state index in [1.807, 2.05) is 42.5 Å². The van der Waals surface area contributed by atoms with E-state index in [1.165, 1.54) is 37.6 Å². The molecule has 3 aliphatic carbocycles. The molecular formula is C36H44N2O5. The third-order valence-electron chi connectivity index (χ3n) is 10.5. The molecule has 2 unspecified atom stereocenters. The third kappa shape index (κ3) is 5.08. The average Bonchev–Trinajstić information content (AvgIpc) is 3.75. The number of carbonyl (C=O) groups excluding carboxylic acids is 2. The Balaban J connectivity index is 1.27. The molecule has 1 saturated heterocycles. The number of benzene rings is 2. The van der Waals surface area contributed by atoms with Crippen molar-refractivity contribution in [2.75, 3.05) is 33.4 Å². The Morgan fingerprint density at radius 3 is 2.67 bits per heavy atom. The van der Waals surface area contributed by atoms with Gasteiger partial charge in [-0.2, -0.15) is 0 Å². The van der Waals surface area contributed by atoms with Crippen molar-refractivity contribution in [1.82, 2.24) is 9.80 Å². The van der Waals surface area contributed by atoms with E-state index in [-0.39, 0.29) is 30.1 Å². The van der Waals surface area contributed by atoms with E-state index in [4.69, 9.17) is 14.2 Å². The molecule has 2 saturated carbocycles. The van der Waals surface area contributed by atoms with Gasteiger partial charge in [-0.15, -0.1) is 0 Å². The number of methoxy groups -OCH3 is 1. The van der Waals surface area contributed by atoms with Crippen LogP contribution >= 0.6 is 0 Å². The zero-order valence-electron chi connectivity index (χ0n) is 25.7. The minimum atomic E-state index is -0.432. The Kier molecular flexibility index (Phi) is 7.58. The molecule has 2 heterocycles. The third-order valence-corrected chi connectivity index (χ3v) is 10.5. The van der Waals surface area contributed by atoms with Crippen molar-refractivity contribution in [3.8, 4) is 11.5 Å². The van der Waals surface area contributed by atoms with Gasteiger partial charge in [0.15, 0.2) is 11.5 Å². The second kappa shape index (κ2) is 11.4. The summed E-state index contributed by atoms with van der Waals surface area (Å²) >= 11 is 0. The van der Waals surface area contributed by atoms with E-state index in [0.29, 0.717) is 30.2 Å². The number of carbonyl (C=O) groups is 2. The standard InChI is InChI=1S/C36H44N2O5/c1-23(2)20-38(31(39)16-11-24-7-5-4-6-8-24)28-14-13-27-29-19-26-12-15-30(42-32(40)22-41-3)34-33(26)36(27,35(28)43-34)17-18-37(29)21-25-9-10-25/h4-8,11-12,15-16,23,25,27-29,35H,9-10,13-14,17-22H2,1-3H3/b16-11+/t27-,28?,29+,35?,36-/m0/s1. The fraction of sp³-hybridized carbons (Fsp3) is 0.556. The molecule has 0 radical (unpaired) electrons. The number of nitrogens with zero attached hydrogens (tertiary/aromatic N) is 2. The number of hydrogen-bond donors (Lipinski definition) is 0. The van der Waals surface area contributed by atoms with Crippen molar-refractivity contribution in [1.29, 1.82) is 0 Å². The molecule has 7 heteroatoms. The Labute approximate surface area is 255 Å². The first kappa shape index (κ1) is 28.6. The second-order valence-electron chi connectivity index (χ2n) is 13.8. The lowest BCUT2D eigenvalue weighted by atomic mass is 9.51. The van der Waals surface area contributed by atoms with Crippen LogP contribution < -0.4 is 9.47 Å². The number of likely N-dealkylation sites (tertiary alicyclic amines) is 1. The number of piperidine rings is 1. The number of esters is 1. The second-order valence-corrected chi connectivity index (χ2v) is 13.8. The minimum absolute atomic E-state index is 0.0301. The molecule has 2 bridgehead atoms. The normalized spacial score (nSPS) is 28.9. The molecule has 0 aromatic heterocycles. The first-order valence-corrected chi connectivity index (χ1v) is 16.2. The van der Waals surface area contributed by atoms with Gasteiger partial charge in [0, 0.05) is 43.3 Å². The van der Waals surface area contributed by atoms with Gasteiger partial charge in [0.2, 0.25) is 5.91 Å². The van der Waals surface area contributed by atoms with Gasteiger partial charge in [0.1, 0.15) is 12.7 Å². The van der Waals surface area contributed by atoms with Crippen LogP contribution in [0.2, 0.25) is 0 Å². The fourth-order valence-electron chi connectivity index (χ4n) is 8.73. The van der Waals surface area contributed by atoms with Crippen LogP contribution in [0.15, 0.2) is 48.5 Å². The van der Waals surface area contributed by atoms with Gasteiger partial charge in [-0.3, -0.25) is 9.69 Å². The molecular weight excluding hydrogens is 540 g/mol. The maximum atomic E-state index is 14.0. The molecule has 1 amide bonds. The van der Waals surface area contributed by atoms with Gasteiger partial charge in [-0.1, -0.05) is 50.2 Å². The number of hydrogen-bond acceptors (Lipinski definition) is 6. The van der Waals surface area contributed by atoms with E-state index < -0.39 is 5.97 Å². The van der Waals surface area contributed by atoms with Crippen LogP contribution in [0.5, 0.6) is 11.5 Å². The van der Waals surface area contributed by atoms with E-state index in [9.17, 15) is 9.59 Å². The van der Waals surface area contributed by atoms with Crippen molar-refractivity contribution in [2.45, 2.75) is 76.0 Å². The summed E-state index contributed by atoms with van der Waals surface area (Å²) in [5.41, 5.74) is 3.38. The molecule has 2 aromatic rings. The van der Waals surface area contributed by atoms with Crippen LogP contribution in [0.25, 0.3) is 6.08 Å². The van der Waals surface area contributed by atoms with E-state index in [0.717, 1.165) is 49.5 Å². The van der Waals surface area contributed by atoms with Crippen molar-refractivity contribution in [2.24, 2.45) is 17.8 Å². The molecule has 228 valence electrons. The number of ether oxygens (including phenoxy) is 3. The van der Waals surface area contributed by atoms with Crippen LogP contribution in [-0.4, -0.2) is 73.2 Å². The summed E-state index contributed by atoms with van der Waals surface area (Å²) in [4.78, 5) is 31.4.